The molecule has 5 nitrogen and oxygen atoms in total. The molecular formula is C24H21F2NO4. The molecule has 0 radical (unpaired) electrons. The van der Waals surface area contributed by atoms with Gasteiger partial charge in [0.2, 0.25) is 5.91 Å². The van der Waals surface area contributed by atoms with Crippen molar-refractivity contribution in [3.05, 3.63) is 90.0 Å². The lowest BCUT2D eigenvalue weighted by Gasteiger charge is -2.49. The Kier molecular flexibility index (Phi) is 5.86. The summed E-state index contributed by atoms with van der Waals surface area (Å²) in [7, 11) is 0. The van der Waals surface area contributed by atoms with Crippen LogP contribution in [0.25, 0.3) is 0 Å². The quantitative estimate of drug-likeness (QED) is 0.562. The van der Waals surface area contributed by atoms with E-state index in [4.69, 9.17) is 4.74 Å². The van der Waals surface area contributed by atoms with E-state index >= 15 is 0 Å². The Morgan fingerprint density at radius 2 is 1.48 bits per heavy atom. The first-order valence-corrected chi connectivity index (χ1v) is 9.88. The highest BCUT2D eigenvalue weighted by Crippen LogP contribution is 2.42. The lowest BCUT2D eigenvalue weighted by molar-refractivity contribution is -0.129. The lowest BCUT2D eigenvalue weighted by atomic mass is 9.77. The van der Waals surface area contributed by atoms with Gasteiger partial charge < -0.3 is 19.8 Å². The van der Waals surface area contributed by atoms with Crippen LogP contribution in [-0.2, 0) is 4.79 Å². The number of hydrogen-bond donors (Lipinski definition) is 2. The number of benzene rings is 3. The molecule has 3 aromatic rings. The van der Waals surface area contributed by atoms with Crippen LogP contribution in [0.3, 0.4) is 0 Å². The number of carbonyl (C=O) groups excluding carboxylic acids is 1. The van der Waals surface area contributed by atoms with Crippen molar-refractivity contribution in [2.75, 3.05) is 11.5 Å². The number of phenols is 1. The van der Waals surface area contributed by atoms with E-state index < -0.39 is 23.9 Å². The largest absolute Gasteiger partial charge is 0.508 e. The number of amides is 1. The van der Waals surface area contributed by atoms with E-state index in [-0.39, 0.29) is 30.5 Å². The van der Waals surface area contributed by atoms with Crippen molar-refractivity contribution in [1.29, 1.82) is 0 Å². The van der Waals surface area contributed by atoms with Crippen molar-refractivity contribution >= 4 is 11.6 Å². The molecule has 1 aliphatic rings. The zero-order valence-electron chi connectivity index (χ0n) is 16.5. The maximum absolute atomic E-state index is 13.3. The van der Waals surface area contributed by atoms with E-state index in [0.717, 1.165) is 0 Å². The molecule has 1 saturated heterocycles. The minimum atomic E-state index is -0.929. The SMILES string of the molecule is O=C1[C@@H](c2ccc(O)cc2)[C@@H]([C@H](O)CCOc2ccc(F)cc2)N1c1ccc(F)cc1. The van der Waals surface area contributed by atoms with Crippen LogP contribution in [0.2, 0.25) is 0 Å². The molecule has 1 heterocycles. The van der Waals surface area contributed by atoms with E-state index in [9.17, 15) is 23.8 Å². The Balaban J connectivity index is 1.52. The number of phenolic OH excluding ortho intramolecular Hbond substituents is 1. The van der Waals surface area contributed by atoms with E-state index in [1.807, 2.05) is 0 Å². The molecule has 1 fully saturated rings. The molecular weight excluding hydrogens is 404 g/mol. The molecule has 0 spiro atoms. The molecule has 7 heteroatoms. The highest BCUT2D eigenvalue weighted by molar-refractivity contribution is 6.06. The van der Waals surface area contributed by atoms with E-state index in [1.54, 1.807) is 12.1 Å². The number of aliphatic hydroxyl groups excluding tert-OH is 1. The number of aliphatic hydroxyl groups is 1. The second-order valence-electron chi connectivity index (χ2n) is 7.40. The van der Waals surface area contributed by atoms with E-state index in [1.165, 1.54) is 65.6 Å². The van der Waals surface area contributed by atoms with Crippen LogP contribution >= 0.6 is 0 Å². The molecule has 31 heavy (non-hydrogen) atoms. The Labute approximate surface area is 178 Å². The highest BCUT2D eigenvalue weighted by Gasteiger charge is 2.52. The summed E-state index contributed by atoms with van der Waals surface area (Å²) in [5.41, 5.74) is 1.16. The van der Waals surface area contributed by atoms with E-state index in [2.05, 4.69) is 0 Å². The molecule has 4 rings (SSSR count). The Morgan fingerprint density at radius 1 is 0.903 bits per heavy atom. The predicted molar refractivity (Wildman–Crippen MR) is 111 cm³/mol. The molecule has 1 aliphatic heterocycles. The smallest absolute Gasteiger partial charge is 0.237 e. The molecule has 0 aliphatic carbocycles. The first-order valence-electron chi connectivity index (χ1n) is 9.88. The molecule has 2 N–H and O–H groups in total. The first kappa shape index (κ1) is 20.8. The Morgan fingerprint density at radius 3 is 2.10 bits per heavy atom. The lowest BCUT2D eigenvalue weighted by Crippen LogP contribution is -2.64. The normalized spacial score (nSPS) is 19.1. The second-order valence-corrected chi connectivity index (χ2v) is 7.40. The summed E-state index contributed by atoms with van der Waals surface area (Å²) >= 11 is 0. The number of nitrogens with zero attached hydrogens (tertiary/aromatic N) is 1. The van der Waals surface area contributed by atoms with Crippen LogP contribution in [0.4, 0.5) is 14.5 Å². The average molecular weight is 425 g/mol. The van der Waals surface area contributed by atoms with Gasteiger partial charge in [-0.1, -0.05) is 12.1 Å². The molecule has 3 aromatic carbocycles. The van der Waals surface area contributed by atoms with Crippen LogP contribution in [0.15, 0.2) is 72.8 Å². The van der Waals surface area contributed by atoms with Crippen molar-refractivity contribution in [2.24, 2.45) is 0 Å². The summed E-state index contributed by atoms with van der Waals surface area (Å²) in [6.07, 6.45) is -0.705. The third kappa shape index (κ3) is 4.36. The van der Waals surface area contributed by atoms with Crippen molar-refractivity contribution in [2.45, 2.75) is 24.5 Å². The fourth-order valence-corrected chi connectivity index (χ4v) is 3.83. The summed E-state index contributed by atoms with van der Waals surface area (Å²) in [6, 6.07) is 16.8. The summed E-state index contributed by atoms with van der Waals surface area (Å²) in [6.45, 7) is 0.164. The van der Waals surface area contributed by atoms with Gasteiger partial charge in [-0.3, -0.25) is 4.79 Å². The fourth-order valence-electron chi connectivity index (χ4n) is 3.83. The predicted octanol–water partition coefficient (Wildman–Crippen LogP) is 4.00. The maximum Gasteiger partial charge on any atom is 0.237 e. The summed E-state index contributed by atoms with van der Waals surface area (Å²) in [5, 5.41) is 20.5. The zero-order valence-corrected chi connectivity index (χ0v) is 16.5. The molecule has 0 aromatic heterocycles. The van der Waals surface area contributed by atoms with Gasteiger partial charge in [-0.25, -0.2) is 8.78 Å². The van der Waals surface area contributed by atoms with Crippen LogP contribution in [0.1, 0.15) is 17.9 Å². The van der Waals surface area contributed by atoms with Crippen molar-refractivity contribution < 1.29 is 28.5 Å². The molecule has 0 saturated carbocycles. The molecule has 1 amide bonds. The second kappa shape index (κ2) is 8.73. The number of rotatable bonds is 7. The Hall–Kier alpha value is -3.45. The van der Waals surface area contributed by atoms with Gasteiger partial charge in [0.15, 0.2) is 0 Å². The van der Waals surface area contributed by atoms with Gasteiger partial charge in [0.25, 0.3) is 0 Å². The first-order chi connectivity index (χ1) is 14.9. The minimum Gasteiger partial charge on any atom is -0.508 e. The van der Waals surface area contributed by atoms with Crippen molar-refractivity contribution in [3.8, 4) is 11.5 Å². The van der Waals surface area contributed by atoms with Gasteiger partial charge in [0.05, 0.1) is 24.7 Å². The maximum atomic E-state index is 13.3. The van der Waals surface area contributed by atoms with E-state index in [0.29, 0.717) is 17.0 Å². The number of anilines is 1. The molecule has 0 unspecified atom stereocenters. The molecule has 3 atom stereocenters. The summed E-state index contributed by atoms with van der Waals surface area (Å²) in [4.78, 5) is 14.4. The topological polar surface area (TPSA) is 70.0 Å². The monoisotopic (exact) mass is 425 g/mol. The van der Waals surface area contributed by atoms with Gasteiger partial charge in [-0.05, 0) is 66.2 Å². The van der Waals surface area contributed by atoms with Gasteiger partial charge in [0.1, 0.15) is 23.1 Å². The van der Waals surface area contributed by atoms with Crippen LogP contribution in [0.5, 0.6) is 11.5 Å². The zero-order chi connectivity index (χ0) is 22.0. The number of carbonyl (C=O) groups is 1. The van der Waals surface area contributed by atoms with Crippen molar-refractivity contribution in [1.82, 2.24) is 0 Å². The summed E-state index contributed by atoms with van der Waals surface area (Å²) < 4.78 is 31.9. The van der Waals surface area contributed by atoms with Gasteiger partial charge in [-0.2, -0.15) is 0 Å². The number of hydrogen-bond acceptors (Lipinski definition) is 4. The Bertz CT molecular complexity index is 983. The number of halogens is 2. The highest BCUT2D eigenvalue weighted by atomic mass is 19.1. The van der Waals surface area contributed by atoms with Crippen LogP contribution in [0, 0.1) is 11.6 Å². The molecule has 160 valence electrons. The van der Waals surface area contributed by atoms with Crippen LogP contribution < -0.4 is 9.64 Å². The van der Waals surface area contributed by atoms with Gasteiger partial charge in [-0.15, -0.1) is 0 Å². The molecule has 0 bridgehead atoms. The third-order valence-corrected chi connectivity index (χ3v) is 5.39. The van der Waals surface area contributed by atoms with Crippen LogP contribution in [-0.4, -0.2) is 34.9 Å². The number of aromatic hydroxyl groups is 1. The van der Waals surface area contributed by atoms with Crippen molar-refractivity contribution in [3.63, 3.8) is 0 Å². The number of ether oxygens (including phenoxy) is 1. The average Bonchev–Trinajstić information content (AvgIpc) is 2.76. The third-order valence-electron chi connectivity index (χ3n) is 5.39. The van der Waals surface area contributed by atoms with Gasteiger partial charge in [0, 0.05) is 12.1 Å². The fraction of sp³-hybridized carbons (Fsp3) is 0.208. The standard InChI is InChI=1S/C24H21F2NO4/c25-16-3-7-18(8-4-16)27-23(22(24(27)30)15-1-9-19(28)10-2-15)21(29)13-14-31-20-11-5-17(26)6-12-20/h1-12,21-23,28-29H,13-14H2/t21-,22+,23-/m1/s1. The van der Waals surface area contributed by atoms with Gasteiger partial charge >= 0.3 is 0 Å². The minimum absolute atomic E-state index is 0.0794. The summed E-state index contributed by atoms with van der Waals surface area (Å²) in [5.74, 6) is -1.06. The number of β-lactam (4-membered cyclic amide) rings is 1.